The van der Waals surface area contributed by atoms with E-state index in [4.69, 9.17) is 5.73 Å². The summed E-state index contributed by atoms with van der Waals surface area (Å²) in [6.07, 6.45) is 1.07. The molecule has 2 rings (SSSR count). The first-order chi connectivity index (χ1) is 10.1. The van der Waals surface area contributed by atoms with Crippen LogP contribution in [-0.4, -0.2) is 55.0 Å². The summed E-state index contributed by atoms with van der Waals surface area (Å²) in [4.78, 5) is 18.7. The van der Waals surface area contributed by atoms with Crippen molar-refractivity contribution in [2.45, 2.75) is 26.3 Å². The van der Waals surface area contributed by atoms with Gasteiger partial charge in [0, 0.05) is 25.7 Å². The van der Waals surface area contributed by atoms with Crippen molar-refractivity contribution in [2.75, 3.05) is 33.2 Å². The van der Waals surface area contributed by atoms with E-state index in [1.165, 1.54) is 11.3 Å². The maximum absolute atomic E-state index is 12.7. The van der Waals surface area contributed by atoms with Crippen LogP contribution in [0.1, 0.15) is 33.5 Å². The van der Waals surface area contributed by atoms with Crippen molar-refractivity contribution in [1.29, 1.82) is 0 Å². The number of hydrogen-bond donors (Lipinski definition) is 1. The summed E-state index contributed by atoms with van der Waals surface area (Å²) in [6.45, 7) is 7.06. The van der Waals surface area contributed by atoms with Crippen molar-refractivity contribution in [3.05, 3.63) is 21.4 Å². The van der Waals surface area contributed by atoms with Crippen LogP contribution < -0.4 is 5.73 Å². The highest BCUT2D eigenvalue weighted by molar-refractivity contribution is 7.14. The molecule has 1 aromatic rings. The van der Waals surface area contributed by atoms with Crippen LogP contribution in [0.25, 0.3) is 0 Å². The number of rotatable bonds is 2. The number of nitrogens with zero attached hydrogens (tertiary/aromatic N) is 2. The maximum Gasteiger partial charge on any atom is 0.264 e. The van der Waals surface area contributed by atoms with Crippen LogP contribution in [0.5, 0.6) is 0 Å². The summed E-state index contributed by atoms with van der Waals surface area (Å²) in [7, 11) is 2.13. The smallest absolute Gasteiger partial charge is 0.264 e. The van der Waals surface area contributed by atoms with Gasteiger partial charge in [-0.1, -0.05) is 18.8 Å². The number of nitrogens with two attached hydrogens (primary N) is 1. The molecule has 2 heterocycles. The van der Waals surface area contributed by atoms with Gasteiger partial charge in [0.15, 0.2) is 0 Å². The lowest BCUT2D eigenvalue weighted by molar-refractivity contribution is 0.0546. The van der Waals surface area contributed by atoms with E-state index in [-0.39, 0.29) is 5.91 Å². The van der Waals surface area contributed by atoms with Crippen molar-refractivity contribution in [3.63, 3.8) is 0 Å². The van der Waals surface area contributed by atoms with Gasteiger partial charge in [-0.25, -0.2) is 0 Å². The van der Waals surface area contributed by atoms with Crippen LogP contribution in [0.15, 0.2) is 6.07 Å². The second-order valence-electron chi connectivity index (χ2n) is 5.42. The molecular weight excluding hydrogens is 282 g/mol. The van der Waals surface area contributed by atoms with Crippen LogP contribution in [-0.2, 0) is 0 Å². The summed E-state index contributed by atoms with van der Waals surface area (Å²) >= 11 is 1.48. The van der Waals surface area contributed by atoms with Gasteiger partial charge in [0.25, 0.3) is 5.91 Å². The van der Waals surface area contributed by atoms with Crippen molar-refractivity contribution >= 4 is 17.2 Å². The first-order valence-electron chi connectivity index (χ1n) is 7.35. The summed E-state index contributed by atoms with van der Waals surface area (Å²) in [5, 5.41) is 0. The second-order valence-corrected chi connectivity index (χ2v) is 6.47. The van der Waals surface area contributed by atoms with Gasteiger partial charge in [-0.2, -0.15) is 0 Å². The second kappa shape index (κ2) is 7.08. The molecule has 1 saturated heterocycles. The van der Waals surface area contributed by atoms with Gasteiger partial charge < -0.3 is 10.6 Å². The Morgan fingerprint density at radius 2 is 2.29 bits per heavy atom. The third-order valence-electron chi connectivity index (χ3n) is 3.97. The summed E-state index contributed by atoms with van der Waals surface area (Å²) < 4.78 is 0. The molecule has 1 atom stereocenters. The molecule has 0 bridgehead atoms. The standard InChI is InChI=1S/C16H23N3OS/c1-4-13-11-19(9-8-18(13)3)16(20)15-10-12(2)14(21-15)6-5-7-17/h10,13H,4,7-9,11,17H2,1-3H3. The average Bonchev–Trinajstić information content (AvgIpc) is 2.86. The topological polar surface area (TPSA) is 49.6 Å². The molecule has 0 aliphatic carbocycles. The Morgan fingerprint density at radius 1 is 1.52 bits per heavy atom. The van der Waals surface area contributed by atoms with E-state index in [1.807, 2.05) is 17.9 Å². The molecular formula is C16H23N3OS. The Kier molecular flexibility index (Phi) is 5.40. The number of amides is 1. The Morgan fingerprint density at radius 3 is 2.95 bits per heavy atom. The van der Waals surface area contributed by atoms with Gasteiger partial charge in [-0.05, 0) is 32.0 Å². The highest BCUT2D eigenvalue weighted by atomic mass is 32.1. The van der Waals surface area contributed by atoms with E-state index in [0.717, 1.165) is 41.4 Å². The number of thiophene rings is 1. The van der Waals surface area contributed by atoms with E-state index < -0.39 is 0 Å². The van der Waals surface area contributed by atoms with Crippen LogP contribution >= 0.6 is 11.3 Å². The van der Waals surface area contributed by atoms with E-state index in [1.54, 1.807) is 0 Å². The van der Waals surface area contributed by atoms with Gasteiger partial charge in [-0.3, -0.25) is 9.69 Å². The van der Waals surface area contributed by atoms with E-state index >= 15 is 0 Å². The maximum atomic E-state index is 12.7. The molecule has 0 aromatic carbocycles. The predicted octanol–water partition coefficient (Wildman–Crippen LogP) is 1.53. The molecule has 0 saturated carbocycles. The number of piperazine rings is 1. The summed E-state index contributed by atoms with van der Waals surface area (Å²) in [5.74, 6) is 6.03. The number of hydrogen-bond acceptors (Lipinski definition) is 4. The quantitative estimate of drug-likeness (QED) is 0.843. The predicted molar refractivity (Wildman–Crippen MR) is 87.6 cm³/mol. The van der Waals surface area contributed by atoms with Crippen LogP contribution in [0.2, 0.25) is 0 Å². The third-order valence-corrected chi connectivity index (χ3v) is 5.11. The SMILES string of the molecule is CCC1CN(C(=O)c2cc(C)c(C#CCN)s2)CCN1C. The zero-order valence-electron chi connectivity index (χ0n) is 13.0. The van der Waals surface area contributed by atoms with Gasteiger partial charge in [0.1, 0.15) is 0 Å². The largest absolute Gasteiger partial charge is 0.335 e. The van der Waals surface area contributed by atoms with Crippen molar-refractivity contribution in [3.8, 4) is 11.8 Å². The molecule has 0 spiro atoms. The molecule has 1 aromatic heterocycles. The van der Waals surface area contributed by atoms with Gasteiger partial charge in [-0.15, -0.1) is 11.3 Å². The number of likely N-dealkylation sites (N-methyl/N-ethyl adjacent to an activating group) is 1. The zero-order chi connectivity index (χ0) is 15.4. The molecule has 1 amide bonds. The molecule has 1 fully saturated rings. The average molecular weight is 305 g/mol. The van der Waals surface area contributed by atoms with E-state index in [2.05, 4.69) is 30.7 Å². The molecule has 1 unspecified atom stereocenters. The Balaban J connectivity index is 2.13. The fraction of sp³-hybridized carbons (Fsp3) is 0.562. The lowest BCUT2D eigenvalue weighted by Gasteiger charge is -2.38. The normalized spacial score (nSPS) is 19.2. The zero-order valence-corrected chi connectivity index (χ0v) is 13.8. The minimum absolute atomic E-state index is 0.135. The van der Waals surface area contributed by atoms with Gasteiger partial charge in [0.2, 0.25) is 0 Å². The lowest BCUT2D eigenvalue weighted by atomic mass is 10.1. The minimum atomic E-state index is 0.135. The highest BCUT2D eigenvalue weighted by Crippen LogP contribution is 2.23. The fourth-order valence-electron chi connectivity index (χ4n) is 2.57. The third kappa shape index (κ3) is 3.65. The van der Waals surface area contributed by atoms with Crippen LogP contribution in [0.4, 0.5) is 0 Å². The van der Waals surface area contributed by atoms with Crippen molar-refractivity contribution in [2.24, 2.45) is 5.73 Å². The Hall–Kier alpha value is -1.35. The van der Waals surface area contributed by atoms with Gasteiger partial charge in [0.05, 0.1) is 16.3 Å². The molecule has 1 aliphatic heterocycles. The highest BCUT2D eigenvalue weighted by Gasteiger charge is 2.27. The van der Waals surface area contributed by atoms with Gasteiger partial charge >= 0.3 is 0 Å². The van der Waals surface area contributed by atoms with Crippen molar-refractivity contribution < 1.29 is 4.79 Å². The first kappa shape index (κ1) is 16.0. The van der Waals surface area contributed by atoms with E-state index in [0.29, 0.717) is 12.6 Å². The molecule has 21 heavy (non-hydrogen) atoms. The molecule has 114 valence electrons. The number of carbonyl (C=O) groups is 1. The molecule has 5 heteroatoms. The molecule has 4 nitrogen and oxygen atoms in total. The monoisotopic (exact) mass is 305 g/mol. The van der Waals surface area contributed by atoms with Crippen LogP contribution in [0.3, 0.4) is 0 Å². The minimum Gasteiger partial charge on any atom is -0.335 e. The molecule has 2 N–H and O–H groups in total. The lowest BCUT2D eigenvalue weighted by Crippen LogP contribution is -2.52. The van der Waals surface area contributed by atoms with E-state index in [9.17, 15) is 4.79 Å². The summed E-state index contributed by atoms with van der Waals surface area (Å²) in [6, 6.07) is 2.41. The number of carbonyl (C=O) groups excluding carboxylic acids is 1. The number of aryl methyl sites for hydroxylation is 1. The fourth-order valence-corrected chi connectivity index (χ4v) is 3.59. The Labute approximate surface area is 130 Å². The van der Waals surface area contributed by atoms with Crippen LogP contribution in [0, 0.1) is 18.8 Å². The van der Waals surface area contributed by atoms with Crippen molar-refractivity contribution in [1.82, 2.24) is 9.80 Å². The first-order valence-corrected chi connectivity index (χ1v) is 8.17. The molecule has 0 radical (unpaired) electrons. The Bertz CT molecular complexity index is 570. The molecule has 1 aliphatic rings. The summed E-state index contributed by atoms with van der Waals surface area (Å²) in [5.41, 5.74) is 6.47.